The maximum Gasteiger partial charge on any atom is 0.119 e. The maximum atomic E-state index is 9.90. The van der Waals surface area contributed by atoms with Crippen molar-refractivity contribution >= 4 is 0 Å². The molecule has 0 fully saturated rings. The molecule has 1 aromatic rings. The van der Waals surface area contributed by atoms with Gasteiger partial charge in [-0.25, -0.2) is 0 Å². The van der Waals surface area contributed by atoms with Crippen LogP contribution in [0.3, 0.4) is 0 Å². The average Bonchev–Trinajstić information content (AvgIpc) is 2.44. The zero-order valence-electron chi connectivity index (χ0n) is 11.5. The van der Waals surface area contributed by atoms with E-state index < -0.39 is 6.10 Å². The molecular formula is C16H23NO2. The van der Waals surface area contributed by atoms with Gasteiger partial charge in [0.25, 0.3) is 0 Å². The van der Waals surface area contributed by atoms with Gasteiger partial charge in [0, 0.05) is 12.6 Å². The summed E-state index contributed by atoms with van der Waals surface area (Å²) < 4.78 is 5.58. The molecule has 0 radical (unpaired) electrons. The van der Waals surface area contributed by atoms with Crippen LogP contribution in [0.4, 0.5) is 0 Å². The summed E-state index contributed by atoms with van der Waals surface area (Å²) in [7, 11) is 0. The van der Waals surface area contributed by atoms with Gasteiger partial charge in [-0.3, -0.25) is 0 Å². The molecule has 2 unspecified atom stereocenters. The van der Waals surface area contributed by atoms with Gasteiger partial charge in [0.15, 0.2) is 0 Å². The lowest BCUT2D eigenvalue weighted by Gasteiger charge is -2.21. The van der Waals surface area contributed by atoms with Gasteiger partial charge in [-0.05, 0) is 43.9 Å². The number of benzene rings is 1. The number of nitrogens with one attached hydrogen (secondary N) is 1. The molecule has 0 spiro atoms. The molecular weight excluding hydrogens is 238 g/mol. The Kier molecular flexibility index (Phi) is 5.43. The number of aliphatic hydroxyl groups is 1. The molecule has 2 rings (SSSR count). The topological polar surface area (TPSA) is 41.5 Å². The molecule has 3 nitrogen and oxygen atoms in total. The van der Waals surface area contributed by atoms with Gasteiger partial charge in [-0.15, -0.1) is 0 Å². The molecule has 3 heteroatoms. The Morgan fingerprint density at radius 2 is 2.32 bits per heavy atom. The minimum Gasteiger partial charge on any atom is -0.491 e. The van der Waals surface area contributed by atoms with Gasteiger partial charge >= 0.3 is 0 Å². The standard InChI is InChI=1S/C16H23NO2/c1-13-6-5-9-16(10-13)19-12-15(18)11-17-14-7-3-2-4-8-14/h2-3,5-6,9-10,14-15,17-18H,4,7-8,11-12H2,1H3. The summed E-state index contributed by atoms with van der Waals surface area (Å²) in [5, 5.41) is 13.3. The molecule has 0 saturated carbocycles. The van der Waals surface area contributed by atoms with Crippen LogP contribution in [0.2, 0.25) is 0 Å². The van der Waals surface area contributed by atoms with Crippen LogP contribution < -0.4 is 10.1 Å². The number of aliphatic hydroxyl groups excluding tert-OH is 1. The molecule has 19 heavy (non-hydrogen) atoms. The number of aryl methyl sites for hydroxylation is 1. The van der Waals surface area contributed by atoms with Crippen LogP contribution in [0, 0.1) is 6.92 Å². The normalized spacial score (nSPS) is 20.2. The monoisotopic (exact) mass is 261 g/mol. The van der Waals surface area contributed by atoms with E-state index >= 15 is 0 Å². The minimum atomic E-state index is -0.466. The zero-order chi connectivity index (χ0) is 13.5. The van der Waals surface area contributed by atoms with Gasteiger partial charge in [0.2, 0.25) is 0 Å². The van der Waals surface area contributed by atoms with Crippen LogP contribution in [-0.4, -0.2) is 30.4 Å². The van der Waals surface area contributed by atoms with Crippen molar-refractivity contribution in [1.82, 2.24) is 5.32 Å². The summed E-state index contributed by atoms with van der Waals surface area (Å²) in [5.74, 6) is 0.819. The van der Waals surface area contributed by atoms with Crippen molar-refractivity contribution in [1.29, 1.82) is 0 Å². The summed E-state index contributed by atoms with van der Waals surface area (Å²) >= 11 is 0. The predicted octanol–water partition coefficient (Wildman–Crippen LogP) is 2.43. The van der Waals surface area contributed by atoms with Crippen molar-refractivity contribution in [3.8, 4) is 5.75 Å². The fourth-order valence-electron chi connectivity index (χ4n) is 2.24. The number of hydrogen-bond acceptors (Lipinski definition) is 3. The quantitative estimate of drug-likeness (QED) is 0.773. The van der Waals surface area contributed by atoms with E-state index in [1.807, 2.05) is 31.2 Å². The van der Waals surface area contributed by atoms with Gasteiger partial charge < -0.3 is 15.2 Å². The summed E-state index contributed by atoms with van der Waals surface area (Å²) in [6.45, 7) is 2.95. The first-order valence-corrected chi connectivity index (χ1v) is 7.00. The number of allylic oxidation sites excluding steroid dienone is 1. The van der Waals surface area contributed by atoms with Crippen LogP contribution in [-0.2, 0) is 0 Å². The van der Waals surface area contributed by atoms with Crippen molar-refractivity contribution in [3.05, 3.63) is 42.0 Å². The van der Waals surface area contributed by atoms with Gasteiger partial charge in [-0.2, -0.15) is 0 Å². The lowest BCUT2D eigenvalue weighted by atomic mass is 10.0. The highest BCUT2D eigenvalue weighted by Crippen LogP contribution is 2.13. The second kappa shape index (κ2) is 7.31. The summed E-state index contributed by atoms with van der Waals surface area (Å²) in [6.07, 6.45) is 7.30. The molecule has 104 valence electrons. The van der Waals surface area contributed by atoms with Crippen molar-refractivity contribution in [2.75, 3.05) is 13.2 Å². The molecule has 0 amide bonds. The summed E-state index contributed by atoms with van der Waals surface area (Å²) in [6, 6.07) is 8.38. The number of hydrogen-bond donors (Lipinski definition) is 2. The van der Waals surface area contributed by atoms with Crippen molar-refractivity contribution < 1.29 is 9.84 Å². The lowest BCUT2D eigenvalue weighted by molar-refractivity contribution is 0.103. The van der Waals surface area contributed by atoms with Gasteiger partial charge in [-0.1, -0.05) is 24.3 Å². The molecule has 1 aromatic carbocycles. The Morgan fingerprint density at radius 3 is 3.05 bits per heavy atom. The van der Waals surface area contributed by atoms with E-state index in [-0.39, 0.29) is 0 Å². The van der Waals surface area contributed by atoms with E-state index in [4.69, 9.17) is 4.74 Å². The van der Waals surface area contributed by atoms with Gasteiger partial charge in [0.05, 0.1) is 0 Å². The van der Waals surface area contributed by atoms with Crippen LogP contribution in [0.5, 0.6) is 5.75 Å². The summed E-state index contributed by atoms with van der Waals surface area (Å²) in [4.78, 5) is 0. The van der Waals surface area contributed by atoms with Crippen LogP contribution >= 0.6 is 0 Å². The summed E-state index contributed by atoms with van der Waals surface area (Å²) in [5.41, 5.74) is 1.17. The molecule has 2 atom stereocenters. The van der Waals surface area contributed by atoms with Crippen LogP contribution in [0.15, 0.2) is 36.4 Å². The third-order valence-electron chi connectivity index (χ3n) is 3.34. The third-order valence-corrected chi connectivity index (χ3v) is 3.34. The highest BCUT2D eigenvalue weighted by molar-refractivity contribution is 5.27. The zero-order valence-corrected chi connectivity index (χ0v) is 11.5. The van der Waals surface area contributed by atoms with E-state index in [0.29, 0.717) is 19.2 Å². The molecule has 0 heterocycles. The SMILES string of the molecule is Cc1cccc(OCC(O)CNC2CC=CCC2)c1. The first kappa shape index (κ1) is 14.1. The first-order valence-electron chi connectivity index (χ1n) is 7.00. The van der Waals surface area contributed by atoms with Crippen molar-refractivity contribution in [2.45, 2.75) is 38.3 Å². The van der Waals surface area contributed by atoms with E-state index in [0.717, 1.165) is 25.0 Å². The van der Waals surface area contributed by atoms with E-state index in [1.165, 1.54) is 5.56 Å². The van der Waals surface area contributed by atoms with Crippen LogP contribution in [0.25, 0.3) is 0 Å². The number of ether oxygens (including phenoxy) is 1. The highest BCUT2D eigenvalue weighted by Gasteiger charge is 2.12. The number of rotatable bonds is 6. The van der Waals surface area contributed by atoms with Crippen molar-refractivity contribution in [3.63, 3.8) is 0 Å². The first-order chi connectivity index (χ1) is 9.24. The molecule has 0 bridgehead atoms. The Hall–Kier alpha value is -1.32. The predicted molar refractivity (Wildman–Crippen MR) is 77.5 cm³/mol. The Balaban J connectivity index is 1.66. The third kappa shape index (κ3) is 5.05. The van der Waals surface area contributed by atoms with Crippen molar-refractivity contribution in [2.24, 2.45) is 0 Å². The maximum absolute atomic E-state index is 9.90. The van der Waals surface area contributed by atoms with Crippen LogP contribution in [0.1, 0.15) is 24.8 Å². The largest absolute Gasteiger partial charge is 0.491 e. The molecule has 0 saturated heterocycles. The second-order valence-electron chi connectivity index (χ2n) is 5.17. The van der Waals surface area contributed by atoms with E-state index in [2.05, 4.69) is 17.5 Å². The molecule has 1 aliphatic rings. The average molecular weight is 261 g/mol. The molecule has 0 aromatic heterocycles. The molecule has 1 aliphatic carbocycles. The van der Waals surface area contributed by atoms with E-state index in [1.54, 1.807) is 0 Å². The molecule has 2 N–H and O–H groups in total. The Labute approximate surface area is 115 Å². The van der Waals surface area contributed by atoms with E-state index in [9.17, 15) is 5.11 Å². The second-order valence-corrected chi connectivity index (χ2v) is 5.17. The Bertz CT molecular complexity index is 417. The highest BCUT2D eigenvalue weighted by atomic mass is 16.5. The molecule has 0 aliphatic heterocycles. The smallest absolute Gasteiger partial charge is 0.119 e. The fourth-order valence-corrected chi connectivity index (χ4v) is 2.24. The minimum absolute atomic E-state index is 0.332. The van der Waals surface area contributed by atoms with Gasteiger partial charge in [0.1, 0.15) is 18.5 Å². The lowest BCUT2D eigenvalue weighted by Crippen LogP contribution is -2.38. The Morgan fingerprint density at radius 1 is 1.42 bits per heavy atom. The fraction of sp³-hybridized carbons (Fsp3) is 0.500.